The quantitative estimate of drug-likeness (QED) is 0.583. The molecule has 1 fully saturated rings. The predicted molar refractivity (Wildman–Crippen MR) is 127 cm³/mol. The van der Waals surface area contributed by atoms with Crippen LogP contribution in [-0.2, 0) is 17.8 Å². The van der Waals surface area contributed by atoms with Crippen LogP contribution in [0.1, 0.15) is 57.6 Å². The Kier molecular flexibility index (Phi) is 7.82. The third-order valence-electron chi connectivity index (χ3n) is 6.41. The van der Waals surface area contributed by atoms with E-state index in [-0.39, 0.29) is 11.5 Å². The van der Waals surface area contributed by atoms with Crippen LogP contribution in [0.25, 0.3) is 0 Å². The van der Waals surface area contributed by atoms with Crippen molar-refractivity contribution in [1.82, 2.24) is 15.5 Å². The summed E-state index contributed by atoms with van der Waals surface area (Å²) in [5.41, 5.74) is 4.53. The van der Waals surface area contributed by atoms with Gasteiger partial charge in [0.05, 0.1) is 6.42 Å². The van der Waals surface area contributed by atoms with Gasteiger partial charge in [0.1, 0.15) is 11.4 Å². The van der Waals surface area contributed by atoms with Gasteiger partial charge in [-0.1, -0.05) is 37.3 Å². The predicted octanol–water partition coefficient (Wildman–Crippen LogP) is 4.19. The summed E-state index contributed by atoms with van der Waals surface area (Å²) in [6.07, 6.45) is 6.34. The summed E-state index contributed by atoms with van der Waals surface area (Å²) in [6, 6.07) is 6.55. The van der Waals surface area contributed by atoms with E-state index in [9.17, 15) is 4.79 Å². The number of para-hydroxylation sites is 1. The number of hydrogen-bond donors (Lipinski definition) is 2. The fourth-order valence-corrected chi connectivity index (χ4v) is 4.57. The number of nitrogens with zero attached hydrogens (tertiary/aromatic N) is 1. The first kappa shape index (κ1) is 23.4. The van der Waals surface area contributed by atoms with Gasteiger partial charge in [-0.2, -0.15) is 0 Å². The second-order valence-corrected chi connectivity index (χ2v) is 9.56. The Morgan fingerprint density at radius 3 is 2.74 bits per heavy atom. The minimum atomic E-state index is -0.102. The monoisotopic (exact) mass is 425 g/mol. The molecule has 2 heterocycles. The molecular formula is C26H39N3O2. The van der Waals surface area contributed by atoms with Gasteiger partial charge >= 0.3 is 0 Å². The summed E-state index contributed by atoms with van der Waals surface area (Å²) in [5, 5.41) is 6.16. The van der Waals surface area contributed by atoms with Crippen LogP contribution in [0.15, 0.2) is 42.1 Å². The number of carbonyl (C=O) groups is 1. The molecule has 5 nitrogen and oxygen atoms in total. The Morgan fingerprint density at radius 2 is 2.06 bits per heavy atom. The van der Waals surface area contributed by atoms with Gasteiger partial charge in [0.25, 0.3) is 0 Å². The van der Waals surface area contributed by atoms with E-state index >= 15 is 0 Å². The van der Waals surface area contributed by atoms with Gasteiger partial charge in [0.15, 0.2) is 0 Å². The van der Waals surface area contributed by atoms with Crippen molar-refractivity contribution in [1.29, 1.82) is 0 Å². The van der Waals surface area contributed by atoms with Crippen LogP contribution in [0.5, 0.6) is 5.75 Å². The second kappa shape index (κ2) is 10.4. The number of benzene rings is 1. The zero-order valence-electron chi connectivity index (χ0n) is 19.7. The maximum absolute atomic E-state index is 12.4. The molecule has 31 heavy (non-hydrogen) atoms. The lowest BCUT2D eigenvalue weighted by Crippen LogP contribution is -2.38. The number of fused-ring (bicyclic) bond motifs is 1. The molecule has 0 spiro atoms. The second-order valence-electron chi connectivity index (χ2n) is 9.56. The summed E-state index contributed by atoms with van der Waals surface area (Å²) in [7, 11) is 1.85. The molecule has 2 aliphatic heterocycles. The molecule has 1 aromatic carbocycles. The highest BCUT2D eigenvalue weighted by atomic mass is 16.5. The minimum absolute atomic E-state index is 0.0816. The van der Waals surface area contributed by atoms with Crippen molar-refractivity contribution in [3.8, 4) is 5.75 Å². The number of nitrogens with one attached hydrogen (secondary N) is 2. The van der Waals surface area contributed by atoms with Crippen molar-refractivity contribution in [2.24, 2.45) is 5.92 Å². The van der Waals surface area contributed by atoms with Gasteiger partial charge in [-0.25, -0.2) is 0 Å². The molecule has 1 amide bonds. The third-order valence-corrected chi connectivity index (χ3v) is 6.41. The zero-order chi connectivity index (χ0) is 22.4. The first-order valence-electron chi connectivity index (χ1n) is 11.6. The Morgan fingerprint density at radius 1 is 1.32 bits per heavy atom. The Bertz CT molecular complexity index is 820. The number of carbonyl (C=O) groups excluding carboxylic acids is 1. The van der Waals surface area contributed by atoms with E-state index in [4.69, 9.17) is 4.74 Å². The Hall–Kier alpha value is -2.27. The number of ether oxygens (including phenoxy) is 1. The average Bonchev–Trinajstić information content (AvgIpc) is 3.07. The topological polar surface area (TPSA) is 53.6 Å². The number of amides is 1. The number of allylic oxidation sites excluding steroid dienone is 1. The molecule has 1 aromatic rings. The summed E-state index contributed by atoms with van der Waals surface area (Å²) < 4.78 is 6.24. The van der Waals surface area contributed by atoms with E-state index in [1.54, 1.807) is 0 Å². The molecular weight excluding hydrogens is 386 g/mol. The molecule has 3 rings (SSSR count). The molecule has 0 atom stereocenters. The largest absolute Gasteiger partial charge is 0.487 e. The van der Waals surface area contributed by atoms with E-state index in [1.165, 1.54) is 11.1 Å². The molecule has 1 saturated heterocycles. The van der Waals surface area contributed by atoms with Crippen LogP contribution in [0.3, 0.4) is 0 Å². The van der Waals surface area contributed by atoms with Crippen molar-refractivity contribution in [3.63, 3.8) is 0 Å². The smallest absolute Gasteiger partial charge is 0.224 e. The zero-order valence-corrected chi connectivity index (χ0v) is 19.7. The van der Waals surface area contributed by atoms with Crippen LogP contribution in [0.4, 0.5) is 0 Å². The Labute approximate surface area is 187 Å². The van der Waals surface area contributed by atoms with Crippen molar-refractivity contribution < 1.29 is 9.53 Å². The lowest BCUT2D eigenvalue weighted by molar-refractivity contribution is -0.120. The minimum Gasteiger partial charge on any atom is -0.487 e. The van der Waals surface area contributed by atoms with Gasteiger partial charge in [0, 0.05) is 38.3 Å². The van der Waals surface area contributed by atoms with E-state index in [1.807, 2.05) is 13.2 Å². The molecule has 0 saturated carbocycles. The van der Waals surface area contributed by atoms with Crippen LogP contribution in [0, 0.1) is 5.92 Å². The number of hydrogen-bond acceptors (Lipinski definition) is 4. The molecule has 170 valence electrons. The van der Waals surface area contributed by atoms with Crippen LogP contribution < -0.4 is 15.4 Å². The molecule has 0 bridgehead atoms. The van der Waals surface area contributed by atoms with E-state index in [0.717, 1.165) is 68.8 Å². The number of piperidine rings is 1. The molecule has 0 unspecified atom stereocenters. The third kappa shape index (κ3) is 6.36. The van der Waals surface area contributed by atoms with Crippen LogP contribution in [0.2, 0.25) is 0 Å². The molecule has 0 aliphatic carbocycles. The van der Waals surface area contributed by atoms with Crippen molar-refractivity contribution in [2.75, 3.05) is 26.7 Å². The van der Waals surface area contributed by atoms with E-state index in [2.05, 4.69) is 61.1 Å². The fraction of sp³-hybridized carbons (Fsp3) is 0.577. The first-order valence-corrected chi connectivity index (χ1v) is 11.6. The highest BCUT2D eigenvalue weighted by molar-refractivity contribution is 5.79. The van der Waals surface area contributed by atoms with E-state index < -0.39 is 0 Å². The highest BCUT2D eigenvalue weighted by Crippen LogP contribution is 2.38. The first-order chi connectivity index (χ1) is 14.8. The van der Waals surface area contributed by atoms with Crippen LogP contribution in [-0.4, -0.2) is 43.1 Å². The fourth-order valence-electron chi connectivity index (χ4n) is 4.57. The van der Waals surface area contributed by atoms with Crippen molar-refractivity contribution in [2.45, 2.75) is 65.0 Å². The highest BCUT2D eigenvalue weighted by Gasteiger charge is 2.32. The lowest BCUT2D eigenvalue weighted by Gasteiger charge is -2.32. The normalized spacial score (nSPS) is 18.9. The van der Waals surface area contributed by atoms with Gasteiger partial charge in [-0.3, -0.25) is 9.69 Å². The van der Waals surface area contributed by atoms with Gasteiger partial charge in [-0.05, 0) is 63.3 Å². The number of rotatable bonds is 9. The lowest BCUT2D eigenvalue weighted by atomic mass is 9.95. The maximum Gasteiger partial charge on any atom is 0.224 e. The summed E-state index contributed by atoms with van der Waals surface area (Å²) >= 11 is 0. The molecule has 2 aliphatic rings. The van der Waals surface area contributed by atoms with E-state index in [0.29, 0.717) is 12.3 Å². The molecule has 2 N–H and O–H groups in total. The van der Waals surface area contributed by atoms with Crippen molar-refractivity contribution >= 4 is 5.91 Å². The van der Waals surface area contributed by atoms with Crippen molar-refractivity contribution in [3.05, 3.63) is 53.3 Å². The Balaban J connectivity index is 1.44. The van der Waals surface area contributed by atoms with Gasteiger partial charge in [0.2, 0.25) is 5.91 Å². The van der Waals surface area contributed by atoms with Gasteiger partial charge in [-0.15, -0.1) is 0 Å². The SMILES string of the molecule is C=C(CC)/C(=C\NC)CC(=O)NCC1CCN(Cc2cccc3c2OC(C)(C)C3)CC1. The van der Waals surface area contributed by atoms with Gasteiger partial charge < -0.3 is 15.4 Å². The maximum atomic E-state index is 12.4. The summed E-state index contributed by atoms with van der Waals surface area (Å²) in [4.78, 5) is 14.9. The summed E-state index contributed by atoms with van der Waals surface area (Å²) in [6.45, 7) is 14.3. The summed E-state index contributed by atoms with van der Waals surface area (Å²) in [5.74, 6) is 1.72. The molecule has 5 heteroatoms. The standard InChI is InChI=1S/C26H39N3O2/c1-6-19(2)23(17-27-5)14-24(30)28-16-20-10-12-29(13-11-20)18-22-9-7-8-21-15-26(3,4)31-25(21)22/h7-9,17,20,27H,2,6,10-16,18H2,1,3-5H3,(H,28,30)/b23-17-. The average molecular weight is 426 g/mol. The number of likely N-dealkylation sites (tertiary alicyclic amines) is 1. The molecule has 0 aromatic heterocycles. The van der Waals surface area contributed by atoms with Crippen LogP contribution >= 0.6 is 0 Å². The molecule has 0 radical (unpaired) electrons.